The van der Waals surface area contributed by atoms with Crippen LogP contribution in [-0.2, 0) is 0 Å². The summed E-state index contributed by atoms with van der Waals surface area (Å²) in [5.74, 6) is 0. The van der Waals surface area contributed by atoms with Crippen LogP contribution in [0.4, 0.5) is 0 Å². The molecular weight excluding hydrogens is 172 g/mol. The van der Waals surface area contributed by atoms with Gasteiger partial charge in [0.1, 0.15) is 11.9 Å². The lowest BCUT2D eigenvalue weighted by Crippen LogP contribution is -2.53. The number of aliphatic hydroxyl groups is 2. The van der Waals surface area contributed by atoms with E-state index in [2.05, 4.69) is 16.1 Å². The van der Waals surface area contributed by atoms with Crippen LogP contribution in [0.5, 0.6) is 0 Å². The summed E-state index contributed by atoms with van der Waals surface area (Å²) in [5, 5.41) is 24.8. The molecule has 1 fully saturated rings. The van der Waals surface area contributed by atoms with Crippen molar-refractivity contribution in [2.45, 2.75) is 31.0 Å². The molecule has 0 aromatic rings. The third-order valence-corrected chi connectivity index (χ3v) is 2.60. The molecule has 6 nitrogen and oxygen atoms in total. The molecule has 2 unspecified atom stereocenters. The lowest BCUT2D eigenvalue weighted by atomic mass is 10.0. The Morgan fingerprint density at radius 2 is 2.54 bits per heavy atom. The summed E-state index contributed by atoms with van der Waals surface area (Å²) in [6, 6.07) is 0. The van der Waals surface area contributed by atoms with Crippen molar-refractivity contribution in [2.75, 3.05) is 6.54 Å². The second kappa shape index (κ2) is 3.13. The van der Waals surface area contributed by atoms with E-state index in [0.717, 1.165) is 6.42 Å². The van der Waals surface area contributed by atoms with Crippen molar-refractivity contribution in [1.29, 1.82) is 0 Å². The molecule has 2 aliphatic rings. The van der Waals surface area contributed by atoms with Gasteiger partial charge in [-0.3, -0.25) is 5.43 Å². The summed E-state index contributed by atoms with van der Waals surface area (Å²) in [5.41, 5.74) is 4.43. The highest BCUT2D eigenvalue weighted by molar-refractivity contribution is 5.54. The Labute approximate surface area is 76.2 Å². The Morgan fingerprint density at radius 1 is 1.69 bits per heavy atom. The average molecular weight is 186 g/mol. The number of aliphatic hydroxyl groups excluding tert-OH is 1. The van der Waals surface area contributed by atoms with E-state index in [1.807, 2.05) is 0 Å². The van der Waals surface area contributed by atoms with Crippen LogP contribution in [0, 0.1) is 0 Å². The van der Waals surface area contributed by atoms with Gasteiger partial charge >= 0.3 is 0 Å². The van der Waals surface area contributed by atoms with Crippen LogP contribution in [-0.4, -0.2) is 39.9 Å². The Bertz CT molecular complexity index is 215. The highest BCUT2D eigenvalue weighted by Crippen LogP contribution is 2.30. The molecule has 0 radical (unpaired) electrons. The lowest BCUT2D eigenvalue weighted by molar-refractivity contribution is -0.0836. The van der Waals surface area contributed by atoms with E-state index in [1.165, 1.54) is 6.34 Å². The standard InChI is InChI=1S/C7H14N4O2/c12-6-2-1-3-7(6,13)4-11-9-5-8-10-11/h5-6,10,12-13H,1-4H2,(H,8,9). The number of rotatable bonds is 2. The van der Waals surface area contributed by atoms with Gasteiger partial charge in [-0.15, -0.1) is 5.12 Å². The van der Waals surface area contributed by atoms with Gasteiger partial charge in [-0.25, -0.2) is 5.53 Å². The Hall–Kier alpha value is -0.850. The molecule has 0 aromatic carbocycles. The van der Waals surface area contributed by atoms with Crippen molar-refractivity contribution in [3.63, 3.8) is 0 Å². The second-order valence-corrected chi connectivity index (χ2v) is 3.59. The van der Waals surface area contributed by atoms with E-state index in [9.17, 15) is 10.2 Å². The summed E-state index contributed by atoms with van der Waals surface area (Å²) in [4.78, 5) is 0. The number of hydrogen-bond acceptors (Lipinski definition) is 6. The average Bonchev–Trinajstić information content (AvgIpc) is 2.65. The molecule has 2 rings (SSSR count). The second-order valence-electron chi connectivity index (χ2n) is 3.59. The normalized spacial score (nSPS) is 39.1. The molecule has 0 bridgehead atoms. The Morgan fingerprint density at radius 3 is 3.08 bits per heavy atom. The van der Waals surface area contributed by atoms with Gasteiger partial charge in [0.25, 0.3) is 0 Å². The van der Waals surface area contributed by atoms with Crippen LogP contribution in [0.2, 0.25) is 0 Å². The minimum Gasteiger partial charge on any atom is -0.390 e. The van der Waals surface area contributed by atoms with Gasteiger partial charge in [-0.05, 0) is 19.3 Å². The van der Waals surface area contributed by atoms with Gasteiger partial charge in [0, 0.05) is 0 Å². The molecule has 2 atom stereocenters. The minimum absolute atomic E-state index is 0.328. The molecule has 4 N–H and O–H groups in total. The molecule has 1 heterocycles. The third kappa shape index (κ3) is 1.60. The fourth-order valence-corrected chi connectivity index (χ4v) is 1.80. The highest BCUT2D eigenvalue weighted by Gasteiger charge is 2.41. The minimum atomic E-state index is -1.01. The molecule has 13 heavy (non-hydrogen) atoms. The number of nitrogens with zero attached hydrogens (tertiary/aromatic N) is 2. The van der Waals surface area contributed by atoms with E-state index < -0.39 is 11.7 Å². The molecule has 0 spiro atoms. The van der Waals surface area contributed by atoms with Crippen LogP contribution in [0.15, 0.2) is 5.10 Å². The topological polar surface area (TPSA) is 80.1 Å². The maximum Gasteiger partial charge on any atom is 0.126 e. The maximum atomic E-state index is 9.99. The number of nitrogens with one attached hydrogen (secondary N) is 2. The van der Waals surface area contributed by atoms with E-state index in [0.29, 0.717) is 19.4 Å². The molecule has 74 valence electrons. The van der Waals surface area contributed by atoms with Crippen molar-refractivity contribution in [1.82, 2.24) is 16.1 Å². The van der Waals surface area contributed by atoms with Crippen molar-refractivity contribution in [2.24, 2.45) is 5.10 Å². The predicted molar refractivity (Wildman–Crippen MR) is 46.3 cm³/mol. The summed E-state index contributed by atoms with van der Waals surface area (Å²) in [6.45, 7) is 0.328. The number of hydrogen-bond donors (Lipinski definition) is 4. The van der Waals surface area contributed by atoms with Crippen molar-refractivity contribution >= 4 is 6.34 Å². The zero-order valence-corrected chi connectivity index (χ0v) is 7.27. The van der Waals surface area contributed by atoms with Gasteiger partial charge in [-0.1, -0.05) is 0 Å². The lowest BCUT2D eigenvalue weighted by Gasteiger charge is -2.30. The monoisotopic (exact) mass is 186 g/mol. The van der Waals surface area contributed by atoms with Crippen molar-refractivity contribution in [3.05, 3.63) is 0 Å². The summed E-state index contributed by atoms with van der Waals surface area (Å²) < 4.78 is 0. The van der Waals surface area contributed by atoms with Gasteiger partial charge < -0.3 is 10.2 Å². The molecular formula is C7H14N4O2. The quantitative estimate of drug-likeness (QED) is 0.423. The van der Waals surface area contributed by atoms with E-state index in [4.69, 9.17) is 0 Å². The summed E-state index contributed by atoms with van der Waals surface area (Å²) >= 11 is 0. The van der Waals surface area contributed by atoms with Crippen LogP contribution >= 0.6 is 0 Å². The number of β-amino-alcohol motifs (C(OH)–C–C–N with tert-alkyl or cyclic N) is 1. The predicted octanol–water partition coefficient (Wildman–Crippen LogP) is -1.47. The van der Waals surface area contributed by atoms with E-state index in [1.54, 1.807) is 5.12 Å². The summed E-state index contributed by atoms with van der Waals surface area (Å²) in [7, 11) is 0. The Balaban J connectivity index is 1.91. The van der Waals surface area contributed by atoms with Gasteiger partial charge in [-0.2, -0.15) is 5.10 Å². The van der Waals surface area contributed by atoms with Crippen molar-refractivity contribution < 1.29 is 10.2 Å². The molecule has 6 heteroatoms. The number of hydrazone groups is 1. The molecule has 0 amide bonds. The Kier molecular flexibility index (Phi) is 2.10. The van der Waals surface area contributed by atoms with Gasteiger partial charge in [0.2, 0.25) is 0 Å². The van der Waals surface area contributed by atoms with Gasteiger partial charge in [0.15, 0.2) is 0 Å². The van der Waals surface area contributed by atoms with Gasteiger partial charge in [0.05, 0.1) is 12.6 Å². The largest absolute Gasteiger partial charge is 0.390 e. The van der Waals surface area contributed by atoms with E-state index in [-0.39, 0.29) is 0 Å². The molecule has 0 saturated heterocycles. The molecule has 1 aliphatic heterocycles. The summed E-state index contributed by atoms with van der Waals surface area (Å²) in [6.07, 6.45) is 3.03. The van der Waals surface area contributed by atoms with E-state index >= 15 is 0 Å². The first-order valence-corrected chi connectivity index (χ1v) is 4.42. The fourth-order valence-electron chi connectivity index (χ4n) is 1.80. The fraction of sp³-hybridized carbons (Fsp3) is 0.857. The first-order chi connectivity index (χ1) is 6.21. The zero-order chi connectivity index (χ0) is 9.31. The van der Waals surface area contributed by atoms with Crippen molar-refractivity contribution in [3.8, 4) is 0 Å². The van der Waals surface area contributed by atoms with Crippen LogP contribution < -0.4 is 11.0 Å². The van der Waals surface area contributed by atoms with Crippen LogP contribution in [0.1, 0.15) is 19.3 Å². The smallest absolute Gasteiger partial charge is 0.126 e. The molecule has 1 aliphatic carbocycles. The first-order valence-electron chi connectivity index (χ1n) is 4.42. The number of hydrazine groups is 2. The molecule has 0 aromatic heterocycles. The molecule has 1 saturated carbocycles. The first kappa shape index (κ1) is 8.74. The maximum absolute atomic E-state index is 9.99. The van der Waals surface area contributed by atoms with Crippen LogP contribution in [0.3, 0.4) is 0 Å². The van der Waals surface area contributed by atoms with Crippen LogP contribution in [0.25, 0.3) is 0 Å². The zero-order valence-electron chi connectivity index (χ0n) is 7.27. The highest BCUT2D eigenvalue weighted by atomic mass is 16.3. The third-order valence-electron chi connectivity index (χ3n) is 2.60. The SMILES string of the molecule is OC1CCCC1(O)CN1NC=NN1.